The number of carbonyl (C=O) groups is 2. The van der Waals surface area contributed by atoms with Crippen molar-refractivity contribution in [2.45, 2.75) is 12.5 Å². The number of carbonyl (C=O) groups excluding carboxylic acids is 1. The third kappa shape index (κ3) is 3.88. The lowest BCUT2D eigenvalue weighted by Gasteiger charge is -2.16. The molecule has 0 aliphatic carbocycles. The average Bonchev–Trinajstić information content (AvgIpc) is 2.62. The molecule has 0 bridgehead atoms. The summed E-state index contributed by atoms with van der Waals surface area (Å²) < 4.78 is 0.820. The van der Waals surface area contributed by atoms with Crippen LogP contribution >= 0.6 is 15.9 Å². The summed E-state index contributed by atoms with van der Waals surface area (Å²) in [5, 5.41) is 13.9. The molecule has 0 aliphatic rings. The second-order valence-corrected chi connectivity index (χ2v) is 6.54. The minimum Gasteiger partial charge on any atom is -0.480 e. The van der Waals surface area contributed by atoms with Crippen molar-refractivity contribution in [3.8, 4) is 0 Å². The fourth-order valence-electron chi connectivity index (χ4n) is 2.74. The van der Waals surface area contributed by atoms with Crippen molar-refractivity contribution >= 4 is 38.6 Å². The zero-order valence-corrected chi connectivity index (χ0v) is 14.9. The quantitative estimate of drug-likeness (QED) is 0.682. The Morgan fingerprint density at radius 3 is 2.40 bits per heavy atom. The van der Waals surface area contributed by atoms with Crippen LogP contribution in [0.3, 0.4) is 0 Å². The van der Waals surface area contributed by atoms with Crippen LogP contribution in [0.1, 0.15) is 15.9 Å². The number of aliphatic carboxylic acids is 1. The lowest BCUT2D eigenvalue weighted by atomic mass is 10.0. The Labute approximate surface area is 153 Å². The standard InChI is InChI=1S/C20H16BrNO3/c21-17-11-4-2-7-14(17)12-18(20(24)25)22-19(23)16-10-5-8-13-6-1-3-9-15(13)16/h1-11,18H,12H2,(H,22,23)(H,24,25)/t18-/m1/s1. The maximum atomic E-state index is 12.7. The number of carboxylic acids is 1. The molecule has 0 saturated heterocycles. The van der Waals surface area contributed by atoms with E-state index in [1.807, 2.05) is 54.6 Å². The summed E-state index contributed by atoms with van der Waals surface area (Å²) in [5.41, 5.74) is 1.30. The van der Waals surface area contributed by atoms with Crippen molar-refractivity contribution in [2.75, 3.05) is 0 Å². The highest BCUT2D eigenvalue weighted by Gasteiger charge is 2.22. The molecule has 0 spiro atoms. The minimum atomic E-state index is -1.07. The molecule has 5 heteroatoms. The first-order valence-electron chi connectivity index (χ1n) is 7.81. The Morgan fingerprint density at radius 2 is 1.64 bits per heavy atom. The smallest absolute Gasteiger partial charge is 0.326 e. The Bertz CT molecular complexity index is 934. The largest absolute Gasteiger partial charge is 0.480 e. The van der Waals surface area contributed by atoms with E-state index in [1.54, 1.807) is 12.1 Å². The number of hydrogen-bond donors (Lipinski definition) is 2. The fourth-order valence-corrected chi connectivity index (χ4v) is 3.19. The second-order valence-electron chi connectivity index (χ2n) is 5.69. The molecule has 0 heterocycles. The van der Waals surface area contributed by atoms with Gasteiger partial charge in [-0.05, 0) is 28.5 Å². The van der Waals surface area contributed by atoms with Gasteiger partial charge in [0.1, 0.15) is 6.04 Å². The number of hydrogen-bond acceptors (Lipinski definition) is 2. The fraction of sp³-hybridized carbons (Fsp3) is 0.100. The van der Waals surface area contributed by atoms with E-state index in [2.05, 4.69) is 21.2 Å². The van der Waals surface area contributed by atoms with Crippen LogP contribution in [0.2, 0.25) is 0 Å². The Kier molecular flexibility index (Phi) is 5.14. The van der Waals surface area contributed by atoms with E-state index in [4.69, 9.17) is 0 Å². The molecule has 25 heavy (non-hydrogen) atoms. The highest BCUT2D eigenvalue weighted by atomic mass is 79.9. The van der Waals surface area contributed by atoms with Gasteiger partial charge in [-0.15, -0.1) is 0 Å². The summed E-state index contributed by atoms with van der Waals surface area (Å²) in [4.78, 5) is 24.3. The second kappa shape index (κ2) is 7.49. The molecule has 2 N–H and O–H groups in total. The van der Waals surface area contributed by atoms with Gasteiger partial charge in [0.15, 0.2) is 0 Å². The number of fused-ring (bicyclic) bond motifs is 1. The van der Waals surface area contributed by atoms with E-state index in [9.17, 15) is 14.7 Å². The molecule has 0 aromatic heterocycles. The van der Waals surface area contributed by atoms with Gasteiger partial charge in [0.2, 0.25) is 0 Å². The monoisotopic (exact) mass is 397 g/mol. The molecule has 0 unspecified atom stereocenters. The Morgan fingerprint density at radius 1 is 0.960 bits per heavy atom. The first-order valence-corrected chi connectivity index (χ1v) is 8.60. The van der Waals surface area contributed by atoms with Crippen molar-refractivity contribution in [1.82, 2.24) is 5.32 Å². The number of nitrogens with one attached hydrogen (secondary N) is 1. The van der Waals surface area contributed by atoms with Crippen LogP contribution in [0.4, 0.5) is 0 Å². The molecular formula is C20H16BrNO3. The highest BCUT2D eigenvalue weighted by molar-refractivity contribution is 9.10. The molecular weight excluding hydrogens is 382 g/mol. The van der Waals surface area contributed by atoms with Gasteiger partial charge in [-0.25, -0.2) is 4.79 Å². The van der Waals surface area contributed by atoms with Crippen LogP contribution < -0.4 is 5.32 Å². The van der Waals surface area contributed by atoms with Crippen LogP contribution in [0.15, 0.2) is 71.2 Å². The van der Waals surface area contributed by atoms with Gasteiger partial charge < -0.3 is 10.4 Å². The normalized spacial score (nSPS) is 11.9. The molecule has 0 radical (unpaired) electrons. The van der Waals surface area contributed by atoms with Crippen LogP contribution in [0.5, 0.6) is 0 Å². The Hall–Kier alpha value is -2.66. The molecule has 1 atom stereocenters. The van der Waals surface area contributed by atoms with Gasteiger partial charge in [-0.2, -0.15) is 0 Å². The average molecular weight is 398 g/mol. The first-order chi connectivity index (χ1) is 12.1. The van der Waals surface area contributed by atoms with Gasteiger partial charge in [0, 0.05) is 16.5 Å². The summed E-state index contributed by atoms with van der Waals surface area (Å²) in [5.74, 6) is -1.46. The van der Waals surface area contributed by atoms with E-state index in [0.717, 1.165) is 20.8 Å². The van der Waals surface area contributed by atoms with Crippen LogP contribution in [-0.4, -0.2) is 23.0 Å². The lowest BCUT2D eigenvalue weighted by molar-refractivity contribution is -0.139. The van der Waals surface area contributed by atoms with Gasteiger partial charge in [-0.3, -0.25) is 4.79 Å². The number of halogens is 1. The van der Waals surface area contributed by atoms with Crippen molar-refractivity contribution in [1.29, 1.82) is 0 Å². The van der Waals surface area contributed by atoms with Crippen molar-refractivity contribution in [3.63, 3.8) is 0 Å². The summed E-state index contributed by atoms with van der Waals surface area (Å²) in [7, 11) is 0. The highest BCUT2D eigenvalue weighted by Crippen LogP contribution is 2.20. The molecule has 0 fully saturated rings. The third-order valence-corrected chi connectivity index (χ3v) is 4.79. The lowest BCUT2D eigenvalue weighted by Crippen LogP contribution is -2.42. The topological polar surface area (TPSA) is 66.4 Å². The molecule has 4 nitrogen and oxygen atoms in total. The van der Waals surface area contributed by atoms with Crippen molar-refractivity contribution < 1.29 is 14.7 Å². The predicted molar refractivity (Wildman–Crippen MR) is 101 cm³/mol. The SMILES string of the molecule is O=C(N[C@H](Cc1ccccc1Br)C(=O)O)c1cccc2ccccc12. The van der Waals surface area contributed by atoms with Crippen molar-refractivity contribution in [2.24, 2.45) is 0 Å². The summed E-state index contributed by atoms with van der Waals surface area (Å²) in [6, 6.07) is 19.3. The van der Waals surface area contributed by atoms with E-state index in [0.29, 0.717) is 5.56 Å². The number of amides is 1. The molecule has 3 rings (SSSR count). The van der Waals surface area contributed by atoms with E-state index in [1.165, 1.54) is 0 Å². The first kappa shape index (κ1) is 17.2. The molecule has 3 aromatic carbocycles. The Balaban J connectivity index is 1.86. The molecule has 126 valence electrons. The van der Waals surface area contributed by atoms with E-state index >= 15 is 0 Å². The predicted octanol–water partition coefficient (Wildman–Crippen LogP) is 4.03. The van der Waals surface area contributed by atoms with Gasteiger partial charge >= 0.3 is 5.97 Å². The number of carboxylic acid groups (broad SMARTS) is 1. The maximum Gasteiger partial charge on any atom is 0.326 e. The van der Waals surface area contributed by atoms with Gasteiger partial charge in [0.25, 0.3) is 5.91 Å². The third-order valence-electron chi connectivity index (χ3n) is 4.02. The van der Waals surface area contributed by atoms with E-state index in [-0.39, 0.29) is 6.42 Å². The van der Waals surface area contributed by atoms with Gasteiger partial charge in [-0.1, -0.05) is 70.5 Å². The van der Waals surface area contributed by atoms with Crippen molar-refractivity contribution in [3.05, 3.63) is 82.3 Å². The molecule has 0 saturated carbocycles. The summed E-state index contributed by atoms with van der Waals surface area (Å²) in [6.45, 7) is 0. The zero-order valence-electron chi connectivity index (χ0n) is 13.3. The summed E-state index contributed by atoms with van der Waals surface area (Å²) in [6.07, 6.45) is 0.202. The van der Waals surface area contributed by atoms with E-state index < -0.39 is 17.9 Å². The van der Waals surface area contributed by atoms with Crippen LogP contribution in [0, 0.1) is 0 Å². The molecule has 3 aromatic rings. The number of rotatable bonds is 5. The van der Waals surface area contributed by atoms with Gasteiger partial charge in [0.05, 0.1) is 0 Å². The molecule has 0 aliphatic heterocycles. The molecule has 1 amide bonds. The van der Waals surface area contributed by atoms with Crippen LogP contribution in [-0.2, 0) is 11.2 Å². The maximum absolute atomic E-state index is 12.7. The minimum absolute atomic E-state index is 0.202. The zero-order chi connectivity index (χ0) is 17.8. The van der Waals surface area contributed by atoms with Crippen LogP contribution in [0.25, 0.3) is 10.8 Å². The number of benzene rings is 3. The summed E-state index contributed by atoms with van der Waals surface area (Å²) >= 11 is 3.41.